The van der Waals surface area contributed by atoms with E-state index in [1.54, 1.807) is 18.2 Å². The molecule has 0 aromatic heterocycles. The second-order valence-corrected chi connectivity index (χ2v) is 3.30. The molecule has 0 heterocycles. The molecule has 79 valence electrons. The van der Waals surface area contributed by atoms with Crippen molar-refractivity contribution in [2.24, 2.45) is 0 Å². The normalized spacial score (nSPS) is 9.93. The Morgan fingerprint density at radius 2 is 1.40 bits per heavy atom. The first-order valence-electron chi connectivity index (χ1n) is 4.36. The highest BCUT2D eigenvalue weighted by Gasteiger charge is 2.05. The van der Waals surface area contributed by atoms with Gasteiger partial charge in [0.05, 0.1) is 12.8 Å². The molecule has 0 aliphatic rings. The highest BCUT2D eigenvalue weighted by molar-refractivity contribution is 5.72. The van der Waals surface area contributed by atoms with Gasteiger partial charge in [-0.1, -0.05) is 18.2 Å². The molecule has 0 unspecified atom stereocenters. The predicted octanol–water partition coefficient (Wildman–Crippen LogP) is 1.12. The van der Waals surface area contributed by atoms with E-state index in [9.17, 15) is 9.59 Å². The van der Waals surface area contributed by atoms with Crippen LogP contribution in [0, 0.1) is 6.92 Å². The maximum atomic E-state index is 10.5. The Bertz CT molecular complexity index is 361. The standard InChI is InChI=1S/C11H11O4/c1-7-2-8(5-10(12)13)4-9(3-7)6-11(14)15/h2-4H,1,5-6H2,(H,12,13)(H,14,15). The summed E-state index contributed by atoms with van der Waals surface area (Å²) in [5, 5.41) is 17.2. The maximum absolute atomic E-state index is 10.5. The van der Waals surface area contributed by atoms with Crippen molar-refractivity contribution in [3.8, 4) is 0 Å². The average Bonchev–Trinajstić information content (AvgIpc) is 1.98. The lowest BCUT2D eigenvalue weighted by Gasteiger charge is -2.03. The fraction of sp³-hybridized carbons (Fsp3) is 0.182. The quantitative estimate of drug-likeness (QED) is 0.775. The number of carboxylic acids is 2. The summed E-state index contributed by atoms with van der Waals surface area (Å²) in [5.41, 5.74) is 1.78. The summed E-state index contributed by atoms with van der Waals surface area (Å²) in [6.07, 6.45) is -0.230. The van der Waals surface area contributed by atoms with Crippen molar-refractivity contribution < 1.29 is 19.8 Å². The van der Waals surface area contributed by atoms with Crippen molar-refractivity contribution >= 4 is 11.9 Å². The van der Waals surface area contributed by atoms with Gasteiger partial charge in [-0.3, -0.25) is 9.59 Å². The van der Waals surface area contributed by atoms with Crippen molar-refractivity contribution in [3.05, 3.63) is 41.8 Å². The van der Waals surface area contributed by atoms with Gasteiger partial charge in [-0.2, -0.15) is 0 Å². The lowest BCUT2D eigenvalue weighted by Crippen LogP contribution is -2.04. The summed E-state index contributed by atoms with van der Waals surface area (Å²) < 4.78 is 0. The first-order chi connectivity index (χ1) is 6.97. The van der Waals surface area contributed by atoms with Gasteiger partial charge >= 0.3 is 11.9 Å². The van der Waals surface area contributed by atoms with Crippen LogP contribution in [-0.2, 0) is 22.4 Å². The summed E-state index contributed by atoms with van der Waals surface area (Å²) in [5.74, 6) is -1.89. The lowest BCUT2D eigenvalue weighted by atomic mass is 10.0. The van der Waals surface area contributed by atoms with E-state index in [0.29, 0.717) is 16.7 Å². The molecule has 1 radical (unpaired) electrons. The van der Waals surface area contributed by atoms with Gasteiger partial charge < -0.3 is 10.2 Å². The van der Waals surface area contributed by atoms with Crippen LogP contribution in [0.25, 0.3) is 0 Å². The number of aliphatic carboxylic acids is 2. The van der Waals surface area contributed by atoms with Gasteiger partial charge in [0.1, 0.15) is 0 Å². The number of rotatable bonds is 4. The number of benzene rings is 1. The van der Waals surface area contributed by atoms with Crippen molar-refractivity contribution in [1.29, 1.82) is 0 Å². The van der Waals surface area contributed by atoms with Gasteiger partial charge in [-0.15, -0.1) is 0 Å². The van der Waals surface area contributed by atoms with Gasteiger partial charge in [0.15, 0.2) is 0 Å². The van der Waals surface area contributed by atoms with Gasteiger partial charge in [0.2, 0.25) is 0 Å². The molecule has 0 bridgehead atoms. The van der Waals surface area contributed by atoms with Crippen LogP contribution in [0.1, 0.15) is 16.7 Å². The van der Waals surface area contributed by atoms with Crippen LogP contribution in [0.15, 0.2) is 18.2 Å². The zero-order valence-electron chi connectivity index (χ0n) is 8.06. The van der Waals surface area contributed by atoms with Gasteiger partial charge in [-0.25, -0.2) is 0 Å². The zero-order valence-corrected chi connectivity index (χ0v) is 8.06. The molecule has 1 aromatic rings. The molecule has 0 aliphatic carbocycles. The molecule has 0 spiro atoms. The second kappa shape index (κ2) is 4.59. The Kier molecular flexibility index (Phi) is 3.44. The van der Waals surface area contributed by atoms with Crippen LogP contribution < -0.4 is 0 Å². The fourth-order valence-corrected chi connectivity index (χ4v) is 1.39. The summed E-state index contributed by atoms with van der Waals surface area (Å²) in [6.45, 7) is 3.67. The minimum Gasteiger partial charge on any atom is -0.481 e. The molecule has 0 aliphatic heterocycles. The average molecular weight is 207 g/mol. The third-order valence-electron chi connectivity index (χ3n) is 1.82. The highest BCUT2D eigenvalue weighted by Crippen LogP contribution is 2.11. The number of carbonyl (C=O) groups is 2. The van der Waals surface area contributed by atoms with Crippen LogP contribution in [0.2, 0.25) is 0 Å². The van der Waals surface area contributed by atoms with Crippen molar-refractivity contribution in [3.63, 3.8) is 0 Å². The van der Waals surface area contributed by atoms with E-state index >= 15 is 0 Å². The summed E-state index contributed by atoms with van der Waals surface area (Å²) >= 11 is 0. The Hall–Kier alpha value is -1.84. The Morgan fingerprint density at radius 1 is 1.00 bits per heavy atom. The van der Waals surface area contributed by atoms with E-state index in [1.165, 1.54) is 0 Å². The number of carboxylic acid groups (broad SMARTS) is 2. The number of hydrogen-bond acceptors (Lipinski definition) is 2. The third-order valence-corrected chi connectivity index (χ3v) is 1.82. The molecule has 0 atom stereocenters. The molecule has 0 saturated carbocycles. The van der Waals surface area contributed by atoms with Crippen LogP contribution in [0.3, 0.4) is 0 Å². The topological polar surface area (TPSA) is 74.6 Å². The van der Waals surface area contributed by atoms with Crippen molar-refractivity contribution in [1.82, 2.24) is 0 Å². The first-order valence-corrected chi connectivity index (χ1v) is 4.36. The second-order valence-electron chi connectivity index (χ2n) is 3.30. The monoisotopic (exact) mass is 207 g/mol. The van der Waals surface area contributed by atoms with Gasteiger partial charge in [0, 0.05) is 0 Å². The van der Waals surface area contributed by atoms with Crippen LogP contribution >= 0.6 is 0 Å². The predicted molar refractivity (Wildman–Crippen MR) is 53.6 cm³/mol. The largest absolute Gasteiger partial charge is 0.481 e. The molecule has 4 nitrogen and oxygen atoms in total. The third kappa shape index (κ3) is 3.81. The van der Waals surface area contributed by atoms with Gasteiger partial charge in [0.25, 0.3) is 0 Å². The summed E-state index contributed by atoms with van der Waals surface area (Å²) in [7, 11) is 0. The molecule has 1 aromatic carbocycles. The Balaban J connectivity index is 2.94. The molecule has 0 fully saturated rings. The highest BCUT2D eigenvalue weighted by atomic mass is 16.4. The Labute approximate surface area is 87.2 Å². The van der Waals surface area contributed by atoms with Crippen molar-refractivity contribution in [2.75, 3.05) is 0 Å². The molecule has 1 rings (SSSR count). The molecule has 2 N–H and O–H groups in total. The van der Waals surface area contributed by atoms with E-state index in [0.717, 1.165) is 0 Å². The smallest absolute Gasteiger partial charge is 0.307 e. The molecule has 0 amide bonds. The molecular weight excluding hydrogens is 196 g/mol. The maximum Gasteiger partial charge on any atom is 0.307 e. The summed E-state index contributed by atoms with van der Waals surface area (Å²) in [4.78, 5) is 21.0. The minimum absolute atomic E-state index is 0.115. The summed E-state index contributed by atoms with van der Waals surface area (Å²) in [6, 6.07) is 4.86. The van der Waals surface area contributed by atoms with Crippen molar-refractivity contribution in [2.45, 2.75) is 12.8 Å². The number of hydrogen-bond donors (Lipinski definition) is 2. The molecule has 15 heavy (non-hydrogen) atoms. The molecule has 4 heteroatoms. The van der Waals surface area contributed by atoms with E-state index in [4.69, 9.17) is 10.2 Å². The van der Waals surface area contributed by atoms with E-state index in [2.05, 4.69) is 6.92 Å². The molecule has 0 saturated heterocycles. The zero-order chi connectivity index (χ0) is 11.4. The van der Waals surface area contributed by atoms with Crippen LogP contribution in [0.4, 0.5) is 0 Å². The first kappa shape index (κ1) is 11.2. The molecular formula is C11H11O4. The van der Waals surface area contributed by atoms with Crippen LogP contribution in [0.5, 0.6) is 0 Å². The Morgan fingerprint density at radius 3 is 1.73 bits per heavy atom. The SMILES string of the molecule is [CH2]c1cc(CC(=O)O)cc(CC(=O)O)c1. The van der Waals surface area contributed by atoms with Gasteiger partial charge in [-0.05, 0) is 23.6 Å². The van der Waals surface area contributed by atoms with E-state index < -0.39 is 11.9 Å². The van der Waals surface area contributed by atoms with E-state index in [1.807, 2.05) is 0 Å². The lowest BCUT2D eigenvalue weighted by molar-refractivity contribution is -0.137. The fourth-order valence-electron chi connectivity index (χ4n) is 1.39. The minimum atomic E-state index is -0.943. The van der Waals surface area contributed by atoms with E-state index in [-0.39, 0.29) is 12.8 Å². The van der Waals surface area contributed by atoms with Crippen LogP contribution in [-0.4, -0.2) is 22.2 Å².